The second-order valence-corrected chi connectivity index (χ2v) is 3.77. The first kappa shape index (κ1) is 10.6. The molecule has 0 aliphatic heterocycles. The number of nitrogens with zero attached hydrogens (tertiary/aromatic N) is 2. The van der Waals surface area contributed by atoms with Crippen LogP contribution in [0, 0.1) is 0 Å². The van der Waals surface area contributed by atoms with Crippen LogP contribution in [-0.2, 0) is 4.79 Å². The molecule has 1 aromatic heterocycles. The summed E-state index contributed by atoms with van der Waals surface area (Å²) >= 11 is 0. The minimum Gasteiger partial charge on any atom is -0.480 e. The Balaban J connectivity index is 2.57. The zero-order valence-corrected chi connectivity index (χ0v) is 9.04. The Morgan fingerprint density at radius 1 is 1.44 bits per heavy atom. The number of carbonyl (C=O) groups is 1. The molecule has 0 spiro atoms. The Labute approximate surface area is 92.3 Å². The molecule has 5 heteroatoms. The third kappa shape index (κ3) is 1.65. The van der Waals surface area contributed by atoms with Crippen molar-refractivity contribution in [3.05, 3.63) is 30.0 Å². The molecule has 16 heavy (non-hydrogen) atoms. The van der Waals surface area contributed by atoms with Crippen LogP contribution in [0.15, 0.2) is 28.8 Å². The monoisotopic (exact) mass is 220 g/mol. The number of aromatic nitrogens is 1. The Hall–Kier alpha value is -1.88. The van der Waals surface area contributed by atoms with E-state index in [1.807, 2.05) is 12.1 Å². The van der Waals surface area contributed by atoms with Gasteiger partial charge in [-0.2, -0.15) is 0 Å². The predicted molar refractivity (Wildman–Crippen MR) is 58.1 cm³/mol. The molecule has 0 saturated carbocycles. The van der Waals surface area contributed by atoms with Crippen LogP contribution in [0.5, 0.6) is 0 Å². The van der Waals surface area contributed by atoms with E-state index in [1.165, 1.54) is 0 Å². The topological polar surface area (TPSA) is 66.6 Å². The highest BCUT2D eigenvalue weighted by Gasteiger charge is 2.27. The lowest BCUT2D eigenvalue weighted by Gasteiger charge is -2.17. The molecule has 2 aromatic rings. The highest BCUT2D eigenvalue weighted by molar-refractivity contribution is 5.86. The Morgan fingerprint density at radius 2 is 2.12 bits per heavy atom. The average Bonchev–Trinajstić information content (AvgIpc) is 2.61. The molecule has 1 atom stereocenters. The highest BCUT2D eigenvalue weighted by atomic mass is 16.5. The summed E-state index contributed by atoms with van der Waals surface area (Å²) in [5.41, 5.74) is 1.04. The van der Waals surface area contributed by atoms with Crippen molar-refractivity contribution >= 4 is 16.9 Å². The lowest BCUT2D eigenvalue weighted by molar-refractivity contribution is -0.142. The molecule has 1 aromatic carbocycles. The van der Waals surface area contributed by atoms with E-state index >= 15 is 0 Å². The number of fused-ring (bicyclic) bond motifs is 1. The van der Waals surface area contributed by atoms with Gasteiger partial charge in [0.05, 0.1) is 0 Å². The third-order valence-corrected chi connectivity index (χ3v) is 2.41. The summed E-state index contributed by atoms with van der Waals surface area (Å²) in [5, 5.41) is 13.7. The number of aliphatic carboxylic acids is 1. The van der Waals surface area contributed by atoms with Crippen LogP contribution < -0.4 is 0 Å². The number of benzene rings is 1. The Morgan fingerprint density at radius 3 is 2.75 bits per heavy atom. The van der Waals surface area contributed by atoms with E-state index in [4.69, 9.17) is 9.63 Å². The van der Waals surface area contributed by atoms with E-state index in [0.717, 1.165) is 5.39 Å². The molecule has 0 bridgehead atoms. The summed E-state index contributed by atoms with van der Waals surface area (Å²) in [6, 6.07) is 6.44. The molecule has 1 N–H and O–H groups in total. The van der Waals surface area contributed by atoms with Gasteiger partial charge in [0.25, 0.3) is 0 Å². The second kappa shape index (κ2) is 3.94. The van der Waals surface area contributed by atoms with E-state index in [1.54, 1.807) is 31.1 Å². The van der Waals surface area contributed by atoms with Crippen LogP contribution in [0.2, 0.25) is 0 Å². The maximum Gasteiger partial charge on any atom is 0.327 e. The summed E-state index contributed by atoms with van der Waals surface area (Å²) in [6.45, 7) is 0. The van der Waals surface area contributed by atoms with Crippen molar-refractivity contribution in [1.82, 2.24) is 10.1 Å². The van der Waals surface area contributed by atoms with Gasteiger partial charge < -0.3 is 9.63 Å². The number of rotatable bonds is 3. The zero-order chi connectivity index (χ0) is 11.7. The van der Waals surface area contributed by atoms with Gasteiger partial charge in [-0.3, -0.25) is 9.69 Å². The normalized spacial score (nSPS) is 13.2. The van der Waals surface area contributed by atoms with Crippen molar-refractivity contribution in [1.29, 1.82) is 0 Å². The number of carboxylic acids is 1. The van der Waals surface area contributed by atoms with Crippen molar-refractivity contribution in [2.24, 2.45) is 0 Å². The summed E-state index contributed by atoms with van der Waals surface area (Å²) < 4.78 is 5.09. The molecule has 0 aliphatic carbocycles. The van der Waals surface area contributed by atoms with E-state index in [-0.39, 0.29) is 0 Å². The number of para-hydroxylation sites is 1. The molecule has 0 amide bonds. The molecule has 2 rings (SSSR count). The molecule has 5 nitrogen and oxygen atoms in total. The standard InChI is InChI=1S/C11H12N2O3/c1-13(2)10(11(14)15)9-7-5-3-4-6-8(7)16-12-9/h3-6,10H,1-2H3,(H,14,15)/t10-/m0/s1. The molecule has 0 unspecified atom stereocenters. The van der Waals surface area contributed by atoms with Gasteiger partial charge in [-0.05, 0) is 26.2 Å². The van der Waals surface area contributed by atoms with Crippen LogP contribution >= 0.6 is 0 Å². The molecule has 84 valence electrons. The molecule has 0 saturated heterocycles. The maximum atomic E-state index is 11.2. The van der Waals surface area contributed by atoms with Gasteiger partial charge in [-0.1, -0.05) is 17.3 Å². The van der Waals surface area contributed by atoms with Gasteiger partial charge in [-0.15, -0.1) is 0 Å². The Bertz CT molecular complexity index is 519. The molecule has 0 aliphatic rings. The van der Waals surface area contributed by atoms with Crippen LogP contribution in [0.1, 0.15) is 11.7 Å². The minimum atomic E-state index is -0.941. The van der Waals surface area contributed by atoms with Gasteiger partial charge in [0.15, 0.2) is 11.6 Å². The van der Waals surface area contributed by atoms with Gasteiger partial charge in [0, 0.05) is 5.39 Å². The molecule has 0 fully saturated rings. The Kier molecular flexibility index (Phi) is 2.62. The highest BCUT2D eigenvalue weighted by Crippen LogP contribution is 2.26. The fourth-order valence-electron chi connectivity index (χ4n) is 1.68. The molecule has 1 heterocycles. The van der Waals surface area contributed by atoms with Crippen LogP contribution in [0.25, 0.3) is 11.0 Å². The zero-order valence-electron chi connectivity index (χ0n) is 9.04. The number of hydrogen-bond acceptors (Lipinski definition) is 4. The number of hydrogen-bond donors (Lipinski definition) is 1. The van der Waals surface area contributed by atoms with E-state index in [2.05, 4.69) is 5.16 Å². The summed E-state index contributed by atoms with van der Waals surface area (Å²) in [4.78, 5) is 12.7. The first-order valence-corrected chi connectivity index (χ1v) is 4.85. The summed E-state index contributed by atoms with van der Waals surface area (Å²) in [5.74, 6) is -0.941. The number of likely N-dealkylation sites (N-methyl/N-ethyl adjacent to an activating group) is 1. The fraction of sp³-hybridized carbons (Fsp3) is 0.273. The van der Waals surface area contributed by atoms with Crippen LogP contribution in [-0.4, -0.2) is 35.2 Å². The molecule has 0 radical (unpaired) electrons. The average molecular weight is 220 g/mol. The molecular weight excluding hydrogens is 208 g/mol. The minimum absolute atomic E-state index is 0.438. The smallest absolute Gasteiger partial charge is 0.327 e. The summed E-state index contributed by atoms with van der Waals surface area (Å²) in [7, 11) is 3.39. The predicted octanol–water partition coefficient (Wildman–Crippen LogP) is 1.52. The van der Waals surface area contributed by atoms with Crippen LogP contribution in [0.3, 0.4) is 0 Å². The lowest BCUT2D eigenvalue weighted by Crippen LogP contribution is -2.27. The maximum absolute atomic E-state index is 11.2. The van der Waals surface area contributed by atoms with Crippen molar-refractivity contribution in [2.75, 3.05) is 14.1 Å². The second-order valence-electron chi connectivity index (χ2n) is 3.77. The van der Waals surface area contributed by atoms with E-state index < -0.39 is 12.0 Å². The first-order chi connectivity index (χ1) is 7.61. The largest absolute Gasteiger partial charge is 0.480 e. The van der Waals surface area contributed by atoms with E-state index in [0.29, 0.717) is 11.3 Å². The van der Waals surface area contributed by atoms with Gasteiger partial charge in [0.2, 0.25) is 0 Å². The van der Waals surface area contributed by atoms with Crippen molar-refractivity contribution < 1.29 is 14.4 Å². The summed E-state index contributed by atoms with van der Waals surface area (Å²) in [6.07, 6.45) is 0. The number of carboxylic acid groups (broad SMARTS) is 1. The van der Waals surface area contributed by atoms with Crippen molar-refractivity contribution in [2.45, 2.75) is 6.04 Å². The fourth-order valence-corrected chi connectivity index (χ4v) is 1.68. The van der Waals surface area contributed by atoms with Crippen LogP contribution in [0.4, 0.5) is 0 Å². The quantitative estimate of drug-likeness (QED) is 0.849. The van der Waals surface area contributed by atoms with Gasteiger partial charge in [-0.25, -0.2) is 0 Å². The van der Waals surface area contributed by atoms with Gasteiger partial charge >= 0.3 is 5.97 Å². The third-order valence-electron chi connectivity index (χ3n) is 2.41. The first-order valence-electron chi connectivity index (χ1n) is 4.85. The SMILES string of the molecule is CN(C)[C@H](C(=O)O)c1noc2ccccc12. The van der Waals surface area contributed by atoms with Crippen molar-refractivity contribution in [3.8, 4) is 0 Å². The van der Waals surface area contributed by atoms with E-state index in [9.17, 15) is 4.79 Å². The van der Waals surface area contributed by atoms with Crippen molar-refractivity contribution in [3.63, 3.8) is 0 Å². The lowest BCUT2D eigenvalue weighted by atomic mass is 10.1. The molecular formula is C11H12N2O3. The van der Waals surface area contributed by atoms with Gasteiger partial charge in [0.1, 0.15) is 5.69 Å².